The van der Waals surface area contributed by atoms with Crippen LogP contribution in [0.15, 0.2) is 47.1 Å². The molecule has 1 aromatic carbocycles. The smallest absolute Gasteiger partial charge is 0.243 e. The molecule has 1 atom stereocenters. The van der Waals surface area contributed by atoms with Crippen LogP contribution in [-0.2, 0) is 0 Å². The summed E-state index contributed by atoms with van der Waals surface area (Å²) < 4.78 is 16.2. The predicted molar refractivity (Wildman–Crippen MR) is 79.1 cm³/mol. The van der Waals surface area contributed by atoms with Crippen LogP contribution in [0.2, 0.25) is 0 Å². The van der Waals surface area contributed by atoms with Gasteiger partial charge in [-0.05, 0) is 41.1 Å². The van der Waals surface area contributed by atoms with Crippen molar-refractivity contribution in [2.24, 2.45) is 0 Å². The topological polar surface area (TPSA) is 42.2 Å². The van der Waals surface area contributed by atoms with E-state index < -0.39 is 0 Å². The van der Waals surface area contributed by atoms with E-state index in [1.807, 2.05) is 31.3 Å². The van der Waals surface area contributed by atoms with Gasteiger partial charge >= 0.3 is 0 Å². The number of hydrogen-bond acceptors (Lipinski definition) is 3. The lowest BCUT2D eigenvalue weighted by Gasteiger charge is -2.13. The maximum atomic E-state index is 13.7. The molecule has 0 fully saturated rings. The van der Waals surface area contributed by atoms with Crippen molar-refractivity contribution in [1.29, 1.82) is 0 Å². The van der Waals surface area contributed by atoms with Gasteiger partial charge in [0.1, 0.15) is 5.82 Å². The summed E-state index contributed by atoms with van der Waals surface area (Å²) in [7, 11) is 0. The summed E-state index contributed by atoms with van der Waals surface area (Å²) in [5.74, 6) is 0.227. The zero-order valence-electron chi connectivity index (χ0n) is 10.7. The second-order valence-electron chi connectivity index (χ2n) is 4.45. The molecule has 20 heavy (non-hydrogen) atoms. The molecule has 6 heteroatoms. The fraction of sp³-hybridized carbons (Fsp3) is 0.143. The highest BCUT2D eigenvalue weighted by Crippen LogP contribution is 2.22. The average Bonchev–Trinajstić information content (AvgIpc) is 2.83. The van der Waals surface area contributed by atoms with Crippen LogP contribution in [0.5, 0.6) is 0 Å². The van der Waals surface area contributed by atoms with Crippen LogP contribution in [0.3, 0.4) is 0 Å². The lowest BCUT2D eigenvalue weighted by molar-refractivity contribution is 0.599. The van der Waals surface area contributed by atoms with E-state index >= 15 is 0 Å². The van der Waals surface area contributed by atoms with Gasteiger partial charge in [-0.1, -0.05) is 18.2 Å². The molecule has 102 valence electrons. The molecule has 0 amide bonds. The van der Waals surface area contributed by atoms with E-state index in [2.05, 4.69) is 31.3 Å². The number of anilines is 1. The Bertz CT molecular complexity index is 756. The Morgan fingerprint density at radius 3 is 2.80 bits per heavy atom. The van der Waals surface area contributed by atoms with Crippen molar-refractivity contribution >= 4 is 27.5 Å². The zero-order chi connectivity index (χ0) is 14.1. The molecule has 0 aliphatic rings. The summed E-state index contributed by atoms with van der Waals surface area (Å²) in [5, 5.41) is 7.42. The van der Waals surface area contributed by atoms with Gasteiger partial charge in [-0.15, -0.1) is 5.10 Å². The number of aromatic nitrogens is 3. The molecule has 0 aliphatic heterocycles. The summed E-state index contributed by atoms with van der Waals surface area (Å²) >= 11 is 3.42. The molecule has 0 saturated heterocycles. The van der Waals surface area contributed by atoms with Crippen molar-refractivity contribution in [2.45, 2.75) is 13.0 Å². The van der Waals surface area contributed by atoms with Crippen molar-refractivity contribution in [3.63, 3.8) is 0 Å². The van der Waals surface area contributed by atoms with Crippen LogP contribution in [0.4, 0.5) is 10.3 Å². The summed E-state index contributed by atoms with van der Waals surface area (Å²) in [6.07, 6.45) is 1.81. The molecule has 0 spiro atoms. The molecule has 0 aliphatic carbocycles. The van der Waals surface area contributed by atoms with Crippen molar-refractivity contribution in [2.75, 3.05) is 5.32 Å². The van der Waals surface area contributed by atoms with Crippen LogP contribution < -0.4 is 5.32 Å². The Morgan fingerprint density at radius 1 is 1.25 bits per heavy atom. The highest BCUT2D eigenvalue weighted by atomic mass is 79.9. The number of pyridine rings is 1. The van der Waals surface area contributed by atoms with Crippen LogP contribution in [0.25, 0.3) is 5.65 Å². The largest absolute Gasteiger partial charge is 0.346 e. The summed E-state index contributed by atoms with van der Waals surface area (Å²) in [5.41, 5.74) is 1.31. The summed E-state index contributed by atoms with van der Waals surface area (Å²) in [6, 6.07) is 10.2. The molecule has 3 rings (SSSR count). The third-order valence-electron chi connectivity index (χ3n) is 3.03. The molecule has 2 heterocycles. The van der Waals surface area contributed by atoms with Crippen molar-refractivity contribution < 1.29 is 4.39 Å². The zero-order valence-corrected chi connectivity index (χ0v) is 12.3. The van der Waals surface area contributed by atoms with E-state index in [0.717, 1.165) is 10.1 Å². The molecular weight excluding hydrogens is 323 g/mol. The van der Waals surface area contributed by atoms with Crippen molar-refractivity contribution in [3.8, 4) is 0 Å². The van der Waals surface area contributed by atoms with E-state index in [9.17, 15) is 4.39 Å². The Hall–Kier alpha value is -1.95. The number of fused-ring (bicyclic) bond motifs is 1. The minimum atomic E-state index is -0.238. The third kappa shape index (κ3) is 2.38. The van der Waals surface area contributed by atoms with Gasteiger partial charge in [0.25, 0.3) is 0 Å². The second kappa shape index (κ2) is 5.20. The molecule has 1 N–H and O–H groups in total. The lowest BCUT2D eigenvalue weighted by Crippen LogP contribution is -2.09. The third-order valence-corrected chi connectivity index (χ3v) is 3.65. The molecular formula is C14H12BrFN4. The number of halogens is 2. The molecule has 0 radical (unpaired) electrons. The standard InChI is InChI=1S/C14H12BrFN4/c1-9(10-5-2-3-7-12(10)16)17-14-18-13-11(15)6-4-8-20(13)19-14/h2-9H,1H3,(H,17,19). The normalized spacial score (nSPS) is 12.6. The van der Waals surface area contributed by atoms with Crippen molar-refractivity contribution in [1.82, 2.24) is 14.6 Å². The number of benzene rings is 1. The molecule has 3 aromatic rings. The predicted octanol–water partition coefficient (Wildman–Crippen LogP) is 3.80. The highest BCUT2D eigenvalue weighted by molar-refractivity contribution is 9.10. The first-order valence-corrected chi connectivity index (χ1v) is 6.96. The monoisotopic (exact) mass is 334 g/mol. The first kappa shape index (κ1) is 13.1. The lowest BCUT2D eigenvalue weighted by atomic mass is 10.1. The molecule has 2 aromatic heterocycles. The minimum Gasteiger partial charge on any atom is -0.346 e. The first-order valence-electron chi connectivity index (χ1n) is 6.17. The molecule has 4 nitrogen and oxygen atoms in total. The Labute approximate surface area is 123 Å². The van der Waals surface area contributed by atoms with Gasteiger partial charge < -0.3 is 5.32 Å². The van der Waals surface area contributed by atoms with Gasteiger partial charge in [0, 0.05) is 11.8 Å². The first-order chi connectivity index (χ1) is 9.65. The van der Waals surface area contributed by atoms with Crippen LogP contribution in [0, 0.1) is 5.82 Å². The van der Waals surface area contributed by atoms with Crippen LogP contribution in [-0.4, -0.2) is 14.6 Å². The van der Waals surface area contributed by atoms with Gasteiger partial charge in [0.05, 0.1) is 10.5 Å². The van der Waals surface area contributed by atoms with Gasteiger partial charge in [-0.25, -0.2) is 8.91 Å². The van der Waals surface area contributed by atoms with E-state index in [1.54, 1.807) is 16.6 Å². The summed E-state index contributed by atoms with van der Waals surface area (Å²) in [4.78, 5) is 4.38. The molecule has 0 saturated carbocycles. The van der Waals surface area contributed by atoms with E-state index in [-0.39, 0.29) is 11.9 Å². The molecule has 0 bridgehead atoms. The Balaban J connectivity index is 1.90. The Kier molecular flexibility index (Phi) is 3.40. The number of hydrogen-bond donors (Lipinski definition) is 1. The van der Waals surface area contributed by atoms with E-state index in [4.69, 9.17) is 0 Å². The maximum Gasteiger partial charge on any atom is 0.243 e. The van der Waals surface area contributed by atoms with Gasteiger partial charge in [0.15, 0.2) is 5.65 Å². The van der Waals surface area contributed by atoms with E-state index in [0.29, 0.717) is 11.5 Å². The SMILES string of the molecule is CC(Nc1nc2c(Br)cccn2n1)c1ccccc1F. The molecule has 1 unspecified atom stereocenters. The van der Waals surface area contributed by atoms with Gasteiger partial charge in [-0.3, -0.25) is 0 Å². The van der Waals surface area contributed by atoms with Crippen LogP contribution in [0.1, 0.15) is 18.5 Å². The number of rotatable bonds is 3. The van der Waals surface area contributed by atoms with E-state index in [1.165, 1.54) is 6.07 Å². The fourth-order valence-corrected chi connectivity index (χ4v) is 2.46. The van der Waals surface area contributed by atoms with Gasteiger partial charge in [0.2, 0.25) is 5.95 Å². The minimum absolute atomic E-state index is 0.215. The second-order valence-corrected chi connectivity index (χ2v) is 5.30. The maximum absolute atomic E-state index is 13.7. The summed E-state index contributed by atoms with van der Waals surface area (Å²) in [6.45, 7) is 1.87. The Morgan fingerprint density at radius 2 is 2.05 bits per heavy atom. The fourth-order valence-electron chi connectivity index (χ4n) is 2.03. The highest BCUT2D eigenvalue weighted by Gasteiger charge is 2.13. The van der Waals surface area contributed by atoms with Crippen molar-refractivity contribution in [3.05, 3.63) is 58.4 Å². The number of nitrogens with one attached hydrogen (secondary N) is 1. The van der Waals surface area contributed by atoms with Gasteiger partial charge in [-0.2, -0.15) is 4.98 Å². The average molecular weight is 335 g/mol. The van der Waals surface area contributed by atoms with Crippen LogP contribution >= 0.6 is 15.9 Å². The number of nitrogens with zero attached hydrogens (tertiary/aromatic N) is 3. The quantitative estimate of drug-likeness (QED) is 0.792.